The minimum absolute atomic E-state index is 0.187. The summed E-state index contributed by atoms with van der Waals surface area (Å²) >= 11 is 0. The Morgan fingerprint density at radius 3 is 2.86 bits per heavy atom. The van der Waals surface area contributed by atoms with Crippen LogP contribution in [0.3, 0.4) is 0 Å². The van der Waals surface area contributed by atoms with E-state index in [1.54, 1.807) is 7.11 Å². The lowest BCUT2D eigenvalue weighted by atomic mass is 9.99. The number of allylic oxidation sites excluding steroid dienone is 3. The average Bonchev–Trinajstić information content (AvgIpc) is 2.26. The molecule has 0 radical (unpaired) electrons. The van der Waals surface area contributed by atoms with Gasteiger partial charge in [0.1, 0.15) is 6.10 Å². The third-order valence-electron chi connectivity index (χ3n) is 2.48. The van der Waals surface area contributed by atoms with Crippen LogP contribution >= 0.6 is 0 Å². The number of methoxy groups -OCH3 is 1. The Hall–Kier alpha value is -0.890. The minimum Gasteiger partial charge on any atom is -0.373 e. The smallest absolute Gasteiger partial charge is 0.161 e. The zero-order chi connectivity index (χ0) is 10.4. The van der Waals surface area contributed by atoms with Crippen LogP contribution in [0.5, 0.6) is 0 Å². The summed E-state index contributed by atoms with van der Waals surface area (Å²) in [6, 6.07) is 0. The number of hydrogen-bond acceptors (Lipinski definition) is 2. The van der Waals surface area contributed by atoms with Crippen LogP contribution in [0, 0.1) is 0 Å². The second-order valence-corrected chi connectivity index (χ2v) is 3.51. The molecule has 0 spiro atoms. The molecule has 0 aromatic carbocycles. The quantitative estimate of drug-likeness (QED) is 0.672. The Morgan fingerprint density at radius 2 is 2.36 bits per heavy atom. The predicted molar refractivity (Wildman–Crippen MR) is 57.2 cm³/mol. The molecule has 0 saturated heterocycles. The first kappa shape index (κ1) is 11.2. The highest BCUT2D eigenvalue weighted by Crippen LogP contribution is 2.17. The van der Waals surface area contributed by atoms with Gasteiger partial charge in [-0.05, 0) is 18.4 Å². The lowest BCUT2D eigenvalue weighted by molar-refractivity contribution is -0.128. The van der Waals surface area contributed by atoms with Crippen LogP contribution in [0.25, 0.3) is 0 Å². The number of carbonyl (C=O) groups excluding carboxylic acids is 1. The molecule has 2 heteroatoms. The van der Waals surface area contributed by atoms with E-state index >= 15 is 0 Å². The third-order valence-corrected chi connectivity index (χ3v) is 2.48. The molecule has 0 bridgehead atoms. The van der Waals surface area contributed by atoms with Gasteiger partial charge in [-0.3, -0.25) is 4.79 Å². The minimum atomic E-state index is -0.256. The van der Waals surface area contributed by atoms with Crippen molar-refractivity contribution in [1.29, 1.82) is 0 Å². The molecule has 14 heavy (non-hydrogen) atoms. The standard InChI is InChI=1S/C12H18O2/c1-3-11(13)12(14-2)9-10-7-5-4-6-8-10/h5,7-8,12H,3-4,6,9H2,1-2H3. The van der Waals surface area contributed by atoms with Crippen LogP contribution in [0.15, 0.2) is 23.8 Å². The van der Waals surface area contributed by atoms with E-state index in [0.717, 1.165) is 19.3 Å². The molecule has 0 N–H and O–H groups in total. The Balaban J connectivity index is 2.51. The van der Waals surface area contributed by atoms with Gasteiger partial charge in [0.25, 0.3) is 0 Å². The molecule has 1 rings (SSSR count). The Bertz CT molecular complexity index is 251. The van der Waals surface area contributed by atoms with Gasteiger partial charge in [-0.2, -0.15) is 0 Å². The van der Waals surface area contributed by atoms with Crippen LogP contribution in [-0.4, -0.2) is 19.0 Å². The summed E-state index contributed by atoms with van der Waals surface area (Å²) in [4.78, 5) is 11.4. The molecule has 1 aliphatic rings. The lowest BCUT2D eigenvalue weighted by Crippen LogP contribution is -2.22. The number of Topliss-reactive ketones (excluding diaryl/α,β-unsaturated/α-hetero) is 1. The maximum absolute atomic E-state index is 11.4. The van der Waals surface area contributed by atoms with Gasteiger partial charge in [0, 0.05) is 20.0 Å². The Kier molecular flexibility index (Phi) is 4.60. The molecule has 0 aliphatic heterocycles. The summed E-state index contributed by atoms with van der Waals surface area (Å²) in [6.45, 7) is 1.87. The van der Waals surface area contributed by atoms with Crippen molar-refractivity contribution in [3.8, 4) is 0 Å². The van der Waals surface area contributed by atoms with Crippen molar-refractivity contribution in [3.63, 3.8) is 0 Å². The molecule has 1 aliphatic carbocycles. The van der Waals surface area contributed by atoms with Crippen molar-refractivity contribution >= 4 is 5.78 Å². The first-order valence-corrected chi connectivity index (χ1v) is 5.19. The summed E-state index contributed by atoms with van der Waals surface area (Å²) in [5.74, 6) is 0.187. The van der Waals surface area contributed by atoms with Gasteiger partial charge in [0.15, 0.2) is 5.78 Å². The van der Waals surface area contributed by atoms with Crippen LogP contribution in [0.4, 0.5) is 0 Å². The summed E-state index contributed by atoms with van der Waals surface area (Å²) in [6.07, 6.45) is 9.65. The van der Waals surface area contributed by atoms with E-state index in [1.165, 1.54) is 5.57 Å². The van der Waals surface area contributed by atoms with Gasteiger partial charge in [-0.1, -0.05) is 25.2 Å². The monoisotopic (exact) mass is 194 g/mol. The van der Waals surface area contributed by atoms with Gasteiger partial charge in [-0.25, -0.2) is 0 Å². The number of ketones is 1. The fraction of sp³-hybridized carbons (Fsp3) is 0.583. The van der Waals surface area contributed by atoms with E-state index < -0.39 is 0 Å². The first-order valence-electron chi connectivity index (χ1n) is 5.19. The topological polar surface area (TPSA) is 26.3 Å². The number of ether oxygens (including phenoxy) is 1. The second kappa shape index (κ2) is 5.76. The molecule has 0 aromatic heterocycles. The second-order valence-electron chi connectivity index (χ2n) is 3.51. The first-order chi connectivity index (χ1) is 6.77. The highest BCUT2D eigenvalue weighted by molar-refractivity contribution is 5.83. The molecule has 0 amide bonds. The van der Waals surface area contributed by atoms with E-state index in [2.05, 4.69) is 18.2 Å². The van der Waals surface area contributed by atoms with Gasteiger partial charge < -0.3 is 4.74 Å². The zero-order valence-corrected chi connectivity index (χ0v) is 8.95. The van der Waals surface area contributed by atoms with E-state index in [4.69, 9.17) is 4.74 Å². The van der Waals surface area contributed by atoms with Gasteiger partial charge in [-0.15, -0.1) is 0 Å². The number of rotatable bonds is 5. The molecule has 0 fully saturated rings. The van der Waals surface area contributed by atoms with E-state index in [0.29, 0.717) is 6.42 Å². The molecule has 0 heterocycles. The van der Waals surface area contributed by atoms with Crippen molar-refractivity contribution in [3.05, 3.63) is 23.8 Å². The van der Waals surface area contributed by atoms with Crippen molar-refractivity contribution in [2.24, 2.45) is 0 Å². The summed E-state index contributed by atoms with van der Waals surface area (Å²) in [5, 5.41) is 0. The fourth-order valence-corrected chi connectivity index (χ4v) is 1.59. The number of hydrogen-bond donors (Lipinski definition) is 0. The Labute approximate surface area is 85.6 Å². The molecular formula is C12H18O2. The van der Waals surface area contributed by atoms with Crippen LogP contribution < -0.4 is 0 Å². The molecule has 0 aromatic rings. The third kappa shape index (κ3) is 3.11. The molecule has 2 nitrogen and oxygen atoms in total. The van der Waals surface area contributed by atoms with E-state index in [1.807, 2.05) is 6.92 Å². The normalized spacial score (nSPS) is 17.7. The van der Waals surface area contributed by atoms with Gasteiger partial charge >= 0.3 is 0 Å². The summed E-state index contributed by atoms with van der Waals surface area (Å²) in [5.41, 5.74) is 1.23. The molecule has 1 atom stereocenters. The maximum atomic E-state index is 11.4. The van der Waals surface area contributed by atoms with Crippen LogP contribution in [0.1, 0.15) is 32.6 Å². The highest BCUT2D eigenvalue weighted by Gasteiger charge is 2.16. The largest absolute Gasteiger partial charge is 0.373 e. The van der Waals surface area contributed by atoms with Crippen LogP contribution in [-0.2, 0) is 9.53 Å². The summed E-state index contributed by atoms with van der Waals surface area (Å²) < 4.78 is 5.18. The lowest BCUT2D eigenvalue weighted by Gasteiger charge is -2.15. The highest BCUT2D eigenvalue weighted by atomic mass is 16.5. The molecule has 0 saturated carbocycles. The maximum Gasteiger partial charge on any atom is 0.161 e. The van der Waals surface area contributed by atoms with E-state index in [9.17, 15) is 4.79 Å². The van der Waals surface area contributed by atoms with Crippen molar-refractivity contribution < 1.29 is 9.53 Å². The van der Waals surface area contributed by atoms with Gasteiger partial charge in [0.2, 0.25) is 0 Å². The molecule has 1 unspecified atom stereocenters. The fourth-order valence-electron chi connectivity index (χ4n) is 1.59. The SMILES string of the molecule is CCC(=O)C(CC1=CCCC=C1)OC. The molecular weight excluding hydrogens is 176 g/mol. The zero-order valence-electron chi connectivity index (χ0n) is 8.95. The predicted octanol–water partition coefficient (Wildman–Crippen LogP) is 2.65. The number of carbonyl (C=O) groups is 1. The van der Waals surface area contributed by atoms with Crippen molar-refractivity contribution in [2.45, 2.75) is 38.7 Å². The van der Waals surface area contributed by atoms with Crippen LogP contribution in [0.2, 0.25) is 0 Å². The Morgan fingerprint density at radius 1 is 1.57 bits per heavy atom. The summed E-state index contributed by atoms with van der Waals surface area (Å²) in [7, 11) is 1.60. The van der Waals surface area contributed by atoms with Gasteiger partial charge in [0.05, 0.1) is 0 Å². The van der Waals surface area contributed by atoms with Crippen molar-refractivity contribution in [1.82, 2.24) is 0 Å². The molecule has 78 valence electrons. The van der Waals surface area contributed by atoms with Crippen molar-refractivity contribution in [2.75, 3.05) is 7.11 Å². The average molecular weight is 194 g/mol. The van der Waals surface area contributed by atoms with E-state index in [-0.39, 0.29) is 11.9 Å².